The van der Waals surface area contributed by atoms with E-state index >= 15 is 4.39 Å². The molecule has 1 amide bonds. The predicted octanol–water partition coefficient (Wildman–Crippen LogP) is 4.38. The molecular weight excluding hydrogens is 393 g/mol. The van der Waals surface area contributed by atoms with Crippen LogP contribution in [0.2, 0.25) is 0 Å². The predicted molar refractivity (Wildman–Crippen MR) is 109 cm³/mol. The largest absolute Gasteiger partial charge is 0.493 e. The van der Waals surface area contributed by atoms with Crippen molar-refractivity contribution in [2.24, 2.45) is 17.8 Å². The zero-order valence-corrected chi connectivity index (χ0v) is 17.9. The Hall–Kier alpha value is -1.63. The molecule has 5 nitrogen and oxygen atoms in total. The Labute approximate surface area is 172 Å². The minimum absolute atomic E-state index is 0.0407. The van der Waals surface area contributed by atoms with Crippen molar-refractivity contribution in [2.45, 2.75) is 70.0 Å². The molecule has 3 saturated carbocycles. The molecule has 7 heteroatoms. The van der Waals surface area contributed by atoms with Crippen molar-refractivity contribution in [3.63, 3.8) is 0 Å². The van der Waals surface area contributed by atoms with E-state index in [1.54, 1.807) is 6.07 Å². The Morgan fingerprint density at radius 1 is 1.10 bits per heavy atom. The number of hydrogen-bond donors (Lipinski definition) is 1. The molecule has 4 rings (SSSR count). The molecule has 1 aromatic rings. The number of carbonyl (C=O) groups excluding carboxylic acids is 1. The Balaban J connectivity index is 1.53. The van der Waals surface area contributed by atoms with Gasteiger partial charge in [0.1, 0.15) is 11.6 Å². The highest BCUT2D eigenvalue weighted by atomic mass is 32.2. The van der Waals surface area contributed by atoms with Crippen molar-refractivity contribution in [1.29, 1.82) is 0 Å². The highest BCUT2D eigenvalue weighted by molar-refractivity contribution is 7.91. The second-order valence-corrected chi connectivity index (χ2v) is 11.1. The van der Waals surface area contributed by atoms with Gasteiger partial charge in [0, 0.05) is 5.56 Å². The molecule has 0 aliphatic heterocycles. The lowest BCUT2D eigenvalue weighted by atomic mass is 9.74. The molecule has 0 saturated heterocycles. The van der Waals surface area contributed by atoms with Crippen LogP contribution in [0, 0.1) is 23.6 Å². The summed E-state index contributed by atoms with van der Waals surface area (Å²) in [6.07, 6.45) is 6.43. The second-order valence-electron chi connectivity index (χ2n) is 9.15. The fourth-order valence-electron chi connectivity index (χ4n) is 4.54. The number of halogens is 1. The number of amides is 1. The van der Waals surface area contributed by atoms with E-state index < -0.39 is 27.0 Å². The molecule has 3 aliphatic carbocycles. The van der Waals surface area contributed by atoms with Crippen LogP contribution in [-0.4, -0.2) is 26.2 Å². The average molecular weight is 424 g/mol. The van der Waals surface area contributed by atoms with Gasteiger partial charge in [-0.3, -0.25) is 4.79 Å². The highest BCUT2D eigenvalue weighted by Gasteiger charge is 2.38. The molecular formula is C22H30FNO4S. The lowest BCUT2D eigenvalue weighted by Crippen LogP contribution is -2.34. The molecule has 1 aromatic carbocycles. The quantitative estimate of drug-likeness (QED) is 0.707. The maximum absolute atomic E-state index is 15.2. The summed E-state index contributed by atoms with van der Waals surface area (Å²) in [6.45, 7) is 5.04. The monoisotopic (exact) mass is 423 g/mol. The van der Waals surface area contributed by atoms with Crippen LogP contribution in [-0.2, 0) is 10.0 Å². The van der Waals surface area contributed by atoms with Crippen LogP contribution in [0.4, 0.5) is 4.39 Å². The summed E-state index contributed by atoms with van der Waals surface area (Å²) in [5.41, 5.74) is 0.209. The van der Waals surface area contributed by atoms with Crippen LogP contribution >= 0.6 is 0 Å². The Kier molecular flexibility index (Phi) is 5.62. The van der Waals surface area contributed by atoms with Gasteiger partial charge in [-0.2, -0.15) is 0 Å². The number of hydrogen-bond acceptors (Lipinski definition) is 4. The first kappa shape index (κ1) is 20.6. The SMILES string of the molecule is CC1CCCC(C)C1COc1ccc(C(=O)NS(=O)(=O)C2CC2)c(F)c1C1CC1. The summed E-state index contributed by atoms with van der Waals surface area (Å²) in [5.74, 6) is 0.591. The lowest BCUT2D eigenvalue weighted by molar-refractivity contribution is 0.0976. The van der Waals surface area contributed by atoms with Crippen LogP contribution in [0.5, 0.6) is 5.75 Å². The molecule has 1 N–H and O–H groups in total. The van der Waals surface area contributed by atoms with Gasteiger partial charge in [-0.25, -0.2) is 17.5 Å². The van der Waals surface area contributed by atoms with Gasteiger partial charge in [0.2, 0.25) is 10.0 Å². The van der Waals surface area contributed by atoms with Crippen molar-refractivity contribution in [3.8, 4) is 5.75 Å². The fourth-order valence-corrected chi connectivity index (χ4v) is 5.83. The van der Waals surface area contributed by atoms with E-state index in [-0.39, 0.29) is 11.5 Å². The van der Waals surface area contributed by atoms with Gasteiger partial charge < -0.3 is 4.74 Å². The molecule has 3 aliphatic rings. The van der Waals surface area contributed by atoms with Crippen molar-refractivity contribution in [1.82, 2.24) is 4.72 Å². The van der Waals surface area contributed by atoms with E-state index in [0.717, 1.165) is 12.8 Å². The van der Waals surface area contributed by atoms with Crippen molar-refractivity contribution >= 4 is 15.9 Å². The number of carbonyl (C=O) groups is 1. The summed E-state index contributed by atoms with van der Waals surface area (Å²) in [4.78, 5) is 12.4. The first-order valence-corrected chi connectivity index (χ1v) is 12.3. The molecule has 0 spiro atoms. The molecule has 3 fully saturated rings. The highest BCUT2D eigenvalue weighted by Crippen LogP contribution is 2.47. The Bertz CT molecular complexity index is 882. The number of sulfonamides is 1. The third-order valence-electron chi connectivity index (χ3n) is 6.78. The smallest absolute Gasteiger partial charge is 0.267 e. The van der Waals surface area contributed by atoms with Gasteiger partial charge in [-0.05, 0) is 61.5 Å². The minimum atomic E-state index is -3.71. The summed E-state index contributed by atoms with van der Waals surface area (Å²) < 4.78 is 47.5. The number of nitrogens with one attached hydrogen (secondary N) is 1. The van der Waals surface area contributed by atoms with Gasteiger partial charge in [-0.15, -0.1) is 0 Å². The summed E-state index contributed by atoms with van der Waals surface area (Å²) in [5, 5.41) is -0.528. The van der Waals surface area contributed by atoms with Gasteiger partial charge in [0.05, 0.1) is 17.4 Å². The van der Waals surface area contributed by atoms with E-state index in [1.165, 1.54) is 25.3 Å². The Morgan fingerprint density at radius 3 is 2.34 bits per heavy atom. The third kappa shape index (κ3) is 4.44. The molecule has 0 aromatic heterocycles. The van der Waals surface area contributed by atoms with Crippen LogP contribution in [0.3, 0.4) is 0 Å². The topological polar surface area (TPSA) is 72.5 Å². The maximum atomic E-state index is 15.2. The van der Waals surface area contributed by atoms with Gasteiger partial charge in [-0.1, -0.05) is 33.1 Å². The standard InChI is InChI=1S/C22H30FNO4S/c1-13-4-3-5-14(2)18(13)12-28-19-11-10-17(21(23)20(19)15-6-7-15)22(25)24-29(26,27)16-8-9-16/h10-11,13-16,18H,3-9,12H2,1-2H3,(H,24,25). The molecule has 0 radical (unpaired) electrons. The first-order chi connectivity index (χ1) is 13.8. The van der Waals surface area contributed by atoms with Crippen LogP contribution in [0.1, 0.15) is 80.6 Å². The van der Waals surface area contributed by atoms with Gasteiger partial charge >= 0.3 is 0 Å². The summed E-state index contributed by atoms with van der Waals surface area (Å²) in [7, 11) is -3.71. The summed E-state index contributed by atoms with van der Waals surface area (Å²) >= 11 is 0. The van der Waals surface area contributed by atoms with Crippen molar-refractivity contribution < 1.29 is 22.3 Å². The zero-order valence-electron chi connectivity index (χ0n) is 17.1. The molecule has 29 heavy (non-hydrogen) atoms. The molecule has 0 bridgehead atoms. The van der Waals surface area contributed by atoms with E-state index in [0.29, 0.717) is 48.5 Å². The molecule has 2 atom stereocenters. The minimum Gasteiger partial charge on any atom is -0.493 e. The fraction of sp³-hybridized carbons (Fsp3) is 0.682. The number of benzene rings is 1. The van der Waals surface area contributed by atoms with Crippen LogP contribution < -0.4 is 9.46 Å². The lowest BCUT2D eigenvalue weighted by Gasteiger charge is -2.34. The van der Waals surface area contributed by atoms with Crippen molar-refractivity contribution in [3.05, 3.63) is 29.1 Å². The van der Waals surface area contributed by atoms with Gasteiger partial charge in [0.15, 0.2) is 0 Å². The van der Waals surface area contributed by atoms with E-state index in [4.69, 9.17) is 4.74 Å². The van der Waals surface area contributed by atoms with E-state index in [1.807, 2.05) is 4.72 Å². The normalized spacial score (nSPS) is 27.5. The van der Waals surface area contributed by atoms with E-state index in [2.05, 4.69) is 13.8 Å². The molecule has 2 unspecified atom stereocenters. The zero-order chi connectivity index (χ0) is 20.8. The maximum Gasteiger partial charge on any atom is 0.267 e. The Morgan fingerprint density at radius 2 is 1.76 bits per heavy atom. The van der Waals surface area contributed by atoms with Crippen LogP contribution in [0.25, 0.3) is 0 Å². The van der Waals surface area contributed by atoms with Gasteiger partial charge in [0.25, 0.3) is 5.91 Å². The summed E-state index contributed by atoms with van der Waals surface area (Å²) in [6, 6.07) is 2.98. The van der Waals surface area contributed by atoms with Crippen molar-refractivity contribution in [2.75, 3.05) is 6.61 Å². The first-order valence-electron chi connectivity index (χ1n) is 10.8. The number of rotatable bonds is 7. The second kappa shape index (κ2) is 7.89. The number of ether oxygens (including phenoxy) is 1. The average Bonchev–Trinajstić information content (AvgIpc) is 3.54. The van der Waals surface area contributed by atoms with E-state index in [9.17, 15) is 13.2 Å². The van der Waals surface area contributed by atoms with Crippen LogP contribution in [0.15, 0.2) is 12.1 Å². The third-order valence-corrected chi connectivity index (χ3v) is 8.60. The molecule has 160 valence electrons. The molecule has 0 heterocycles.